The summed E-state index contributed by atoms with van der Waals surface area (Å²) < 4.78 is 6.44. The van der Waals surface area contributed by atoms with Crippen LogP contribution >= 0.6 is 15.9 Å². The molecule has 0 saturated carbocycles. The molecule has 0 aliphatic carbocycles. The molecule has 0 spiro atoms. The molecule has 2 unspecified atom stereocenters. The molecule has 1 saturated heterocycles. The van der Waals surface area contributed by atoms with Gasteiger partial charge in [0, 0.05) is 22.6 Å². The van der Waals surface area contributed by atoms with Gasteiger partial charge in [0.2, 0.25) is 0 Å². The molecule has 0 bridgehead atoms. The molecule has 1 aromatic carbocycles. The average Bonchev–Trinajstić information content (AvgIpc) is 2.87. The number of carbonyl (C=O) groups is 1. The first-order valence-electron chi connectivity index (χ1n) is 6.39. The topological polar surface area (TPSA) is 58.6 Å². The maximum atomic E-state index is 11.0. The van der Waals surface area contributed by atoms with E-state index in [9.17, 15) is 4.79 Å². The Morgan fingerprint density at radius 2 is 2.32 bits per heavy atom. The Morgan fingerprint density at radius 3 is 2.84 bits per heavy atom. The van der Waals surface area contributed by atoms with Crippen molar-refractivity contribution in [2.75, 3.05) is 13.7 Å². The van der Waals surface area contributed by atoms with Crippen molar-refractivity contribution >= 4 is 21.9 Å². The average molecular weight is 328 g/mol. The Kier molecular flexibility index (Phi) is 4.47. The van der Waals surface area contributed by atoms with E-state index in [0.29, 0.717) is 13.0 Å². The van der Waals surface area contributed by atoms with Crippen LogP contribution in [-0.2, 0) is 11.2 Å². The molecule has 1 aliphatic heterocycles. The number of nitrogens with one attached hydrogen (secondary N) is 1. The van der Waals surface area contributed by atoms with Crippen LogP contribution in [0.15, 0.2) is 16.6 Å². The van der Waals surface area contributed by atoms with Gasteiger partial charge in [0.05, 0.1) is 13.0 Å². The number of benzene rings is 1. The van der Waals surface area contributed by atoms with Crippen molar-refractivity contribution < 1.29 is 14.6 Å². The maximum Gasteiger partial charge on any atom is 0.307 e. The zero-order valence-electron chi connectivity index (χ0n) is 11.1. The van der Waals surface area contributed by atoms with Gasteiger partial charge >= 0.3 is 5.97 Å². The van der Waals surface area contributed by atoms with Crippen molar-refractivity contribution in [3.63, 3.8) is 0 Å². The number of carboxylic acid groups (broad SMARTS) is 1. The number of carboxylic acids is 1. The highest BCUT2D eigenvalue weighted by Crippen LogP contribution is 2.35. The van der Waals surface area contributed by atoms with E-state index in [1.54, 1.807) is 7.11 Å². The van der Waals surface area contributed by atoms with Crippen molar-refractivity contribution in [2.24, 2.45) is 5.92 Å². The van der Waals surface area contributed by atoms with Crippen molar-refractivity contribution in [3.8, 4) is 5.75 Å². The summed E-state index contributed by atoms with van der Waals surface area (Å²) in [5.74, 6) is -0.181. The third kappa shape index (κ3) is 2.92. The lowest BCUT2D eigenvalue weighted by Crippen LogP contribution is -2.17. The van der Waals surface area contributed by atoms with E-state index in [1.807, 2.05) is 6.07 Å². The number of ether oxygens (including phenoxy) is 1. The summed E-state index contributed by atoms with van der Waals surface area (Å²) in [6, 6.07) is 4.14. The van der Waals surface area contributed by atoms with E-state index in [4.69, 9.17) is 9.84 Å². The molecule has 5 heteroatoms. The molecule has 19 heavy (non-hydrogen) atoms. The number of hydrogen-bond acceptors (Lipinski definition) is 3. The van der Waals surface area contributed by atoms with Gasteiger partial charge in [-0.1, -0.05) is 22.9 Å². The Morgan fingerprint density at radius 1 is 1.58 bits per heavy atom. The highest BCUT2D eigenvalue weighted by atomic mass is 79.9. The molecular formula is C14H18BrNO3. The number of rotatable bonds is 4. The monoisotopic (exact) mass is 327 g/mol. The molecule has 0 amide bonds. The van der Waals surface area contributed by atoms with Gasteiger partial charge in [0.15, 0.2) is 0 Å². The smallest absolute Gasteiger partial charge is 0.307 e. The van der Waals surface area contributed by atoms with Crippen LogP contribution in [0.4, 0.5) is 0 Å². The largest absolute Gasteiger partial charge is 0.496 e. The predicted molar refractivity (Wildman–Crippen MR) is 76.6 cm³/mol. The second-order valence-corrected chi connectivity index (χ2v) is 5.62. The molecule has 2 N–H and O–H groups in total. The zero-order chi connectivity index (χ0) is 14.0. The van der Waals surface area contributed by atoms with E-state index >= 15 is 0 Å². The second-order valence-electron chi connectivity index (χ2n) is 4.77. The van der Waals surface area contributed by atoms with Crippen molar-refractivity contribution in [1.29, 1.82) is 0 Å². The van der Waals surface area contributed by atoms with Gasteiger partial charge in [-0.25, -0.2) is 0 Å². The van der Waals surface area contributed by atoms with E-state index in [0.717, 1.165) is 27.8 Å². The van der Waals surface area contributed by atoms with Crippen LogP contribution in [0.25, 0.3) is 0 Å². The third-order valence-electron chi connectivity index (χ3n) is 3.63. The van der Waals surface area contributed by atoms with Crippen molar-refractivity contribution in [1.82, 2.24) is 5.32 Å². The molecule has 1 heterocycles. The summed E-state index contributed by atoms with van der Waals surface area (Å²) in [6.45, 7) is 2.60. The van der Waals surface area contributed by atoms with Crippen LogP contribution in [-0.4, -0.2) is 24.7 Å². The van der Waals surface area contributed by atoms with Crippen LogP contribution in [0.3, 0.4) is 0 Å². The van der Waals surface area contributed by atoms with E-state index in [2.05, 4.69) is 34.2 Å². The first kappa shape index (κ1) is 14.3. The minimum absolute atomic E-state index is 0.0807. The summed E-state index contributed by atoms with van der Waals surface area (Å²) in [5, 5.41) is 12.3. The van der Waals surface area contributed by atoms with Gasteiger partial charge in [0.25, 0.3) is 0 Å². The molecule has 1 aromatic rings. The minimum Gasteiger partial charge on any atom is -0.496 e. The number of halogens is 1. The molecular weight excluding hydrogens is 310 g/mol. The Labute approximate surface area is 121 Å². The Balaban J connectivity index is 2.27. The summed E-state index contributed by atoms with van der Waals surface area (Å²) >= 11 is 3.57. The van der Waals surface area contributed by atoms with Gasteiger partial charge < -0.3 is 15.2 Å². The standard InChI is InChI=1S/C14H18BrNO3/c1-3-10-11(15)4-8(6-13(10)19-2)12-5-9(7-16-12)14(17)18/h4,6,9,12,16H,3,5,7H2,1-2H3,(H,17,18). The van der Waals surface area contributed by atoms with Gasteiger partial charge in [-0.05, 0) is 30.5 Å². The number of methoxy groups -OCH3 is 1. The van der Waals surface area contributed by atoms with Crippen molar-refractivity contribution in [2.45, 2.75) is 25.8 Å². The Hall–Kier alpha value is -1.07. The zero-order valence-corrected chi connectivity index (χ0v) is 12.7. The van der Waals surface area contributed by atoms with E-state index in [-0.39, 0.29) is 12.0 Å². The lowest BCUT2D eigenvalue weighted by molar-refractivity contribution is -0.141. The van der Waals surface area contributed by atoms with E-state index in [1.165, 1.54) is 0 Å². The lowest BCUT2D eigenvalue weighted by Gasteiger charge is -2.16. The number of hydrogen-bond donors (Lipinski definition) is 2. The molecule has 0 radical (unpaired) electrons. The summed E-state index contributed by atoms with van der Waals surface area (Å²) in [6.07, 6.45) is 1.51. The normalized spacial score (nSPS) is 22.5. The quantitative estimate of drug-likeness (QED) is 0.892. The van der Waals surface area contributed by atoms with Crippen LogP contribution in [0, 0.1) is 5.92 Å². The van der Waals surface area contributed by atoms with Crippen molar-refractivity contribution in [3.05, 3.63) is 27.7 Å². The first-order chi connectivity index (χ1) is 9.06. The second kappa shape index (κ2) is 5.92. The fourth-order valence-corrected chi connectivity index (χ4v) is 3.28. The highest BCUT2D eigenvalue weighted by Gasteiger charge is 2.30. The van der Waals surface area contributed by atoms with Crippen LogP contribution < -0.4 is 10.1 Å². The predicted octanol–water partition coefficient (Wildman–Crippen LogP) is 2.76. The molecule has 2 rings (SSSR count). The van der Waals surface area contributed by atoms with E-state index < -0.39 is 5.97 Å². The third-order valence-corrected chi connectivity index (χ3v) is 4.34. The minimum atomic E-state index is -0.730. The molecule has 104 valence electrons. The molecule has 2 atom stereocenters. The Bertz CT molecular complexity index is 490. The fourth-order valence-electron chi connectivity index (χ4n) is 2.54. The molecule has 0 aromatic heterocycles. The highest BCUT2D eigenvalue weighted by molar-refractivity contribution is 9.10. The fraction of sp³-hybridized carbons (Fsp3) is 0.500. The van der Waals surface area contributed by atoms with Gasteiger partial charge in [-0.3, -0.25) is 4.79 Å². The number of aliphatic carboxylic acids is 1. The molecule has 4 nitrogen and oxygen atoms in total. The SMILES string of the molecule is CCc1c(Br)cc(C2CC(C(=O)O)CN2)cc1OC. The summed E-state index contributed by atoms with van der Waals surface area (Å²) in [5.41, 5.74) is 2.21. The van der Waals surface area contributed by atoms with Gasteiger partial charge in [-0.2, -0.15) is 0 Å². The van der Waals surface area contributed by atoms with Gasteiger partial charge in [0.1, 0.15) is 5.75 Å². The maximum absolute atomic E-state index is 11.0. The summed E-state index contributed by atoms with van der Waals surface area (Å²) in [4.78, 5) is 11.0. The first-order valence-corrected chi connectivity index (χ1v) is 7.18. The lowest BCUT2D eigenvalue weighted by atomic mass is 9.98. The van der Waals surface area contributed by atoms with Gasteiger partial charge in [-0.15, -0.1) is 0 Å². The van der Waals surface area contributed by atoms with Crippen LogP contribution in [0.2, 0.25) is 0 Å². The summed E-state index contributed by atoms with van der Waals surface area (Å²) in [7, 11) is 1.66. The molecule has 1 aliphatic rings. The van der Waals surface area contributed by atoms with Crippen LogP contribution in [0.1, 0.15) is 30.5 Å². The van der Waals surface area contributed by atoms with Crippen LogP contribution in [0.5, 0.6) is 5.75 Å². The molecule has 1 fully saturated rings.